The van der Waals surface area contributed by atoms with Crippen molar-refractivity contribution in [2.75, 3.05) is 19.6 Å². The van der Waals surface area contributed by atoms with Crippen molar-refractivity contribution in [2.45, 2.75) is 84.2 Å². The molecule has 2 aliphatic heterocycles. The molecule has 0 spiro atoms. The molecule has 1 fully saturated rings. The van der Waals surface area contributed by atoms with Crippen molar-refractivity contribution >= 4 is 11.6 Å². The molecule has 2 aliphatic rings. The third kappa shape index (κ3) is 3.92. The predicted octanol–water partition coefficient (Wildman–Crippen LogP) is 3.08. The average molecular weight is 414 g/mol. The fraction of sp³-hybridized carbons (Fsp3) is 0.696. The van der Waals surface area contributed by atoms with Crippen molar-refractivity contribution in [1.29, 1.82) is 0 Å². The minimum absolute atomic E-state index is 0.0486. The number of aromatic nitrogens is 3. The van der Waals surface area contributed by atoms with E-state index in [9.17, 15) is 9.59 Å². The zero-order chi connectivity index (χ0) is 21.3. The molecule has 0 radical (unpaired) electrons. The molecule has 2 aromatic heterocycles. The zero-order valence-corrected chi connectivity index (χ0v) is 18.6. The molecule has 4 heterocycles. The van der Waals surface area contributed by atoms with Crippen molar-refractivity contribution in [1.82, 2.24) is 24.4 Å². The van der Waals surface area contributed by atoms with Gasteiger partial charge in [-0.2, -0.15) is 0 Å². The summed E-state index contributed by atoms with van der Waals surface area (Å²) < 4.78 is 1.64. The number of amides is 1. The van der Waals surface area contributed by atoms with Gasteiger partial charge in [0.05, 0.1) is 11.3 Å². The highest BCUT2D eigenvalue weighted by atomic mass is 16.2. The summed E-state index contributed by atoms with van der Waals surface area (Å²) in [6.45, 7) is 9.74. The van der Waals surface area contributed by atoms with Crippen LogP contribution in [0, 0.1) is 0 Å². The second kappa shape index (κ2) is 8.92. The lowest BCUT2D eigenvalue weighted by Gasteiger charge is -2.33. The monoisotopic (exact) mass is 413 g/mol. The van der Waals surface area contributed by atoms with Crippen LogP contribution in [0.1, 0.15) is 82.2 Å². The number of nitrogens with one attached hydrogen (secondary N) is 1. The number of carbonyl (C=O) groups excluding carboxylic acids is 1. The number of hydrogen-bond acceptors (Lipinski definition) is 4. The molecule has 7 heteroatoms. The van der Waals surface area contributed by atoms with Crippen LogP contribution in [0.3, 0.4) is 0 Å². The largest absolute Gasteiger partial charge is 0.343 e. The standard InChI is InChI=1S/C23H35N5O2/c1-4-7-22(29)26-11-8-16(9-12-26)20-14-21-24-19-10-13-27(17(5-2)6-3)15-18(19)23(30)28(21)25-20/h14,16-17,25H,4-13,15H2,1-3H3. The number of nitrogens with zero attached hydrogens (tertiary/aromatic N) is 4. The summed E-state index contributed by atoms with van der Waals surface area (Å²) in [6.07, 6.45) is 6.45. The van der Waals surface area contributed by atoms with E-state index in [0.717, 1.165) is 80.8 Å². The van der Waals surface area contributed by atoms with E-state index in [1.54, 1.807) is 4.52 Å². The highest BCUT2D eigenvalue weighted by molar-refractivity contribution is 5.76. The van der Waals surface area contributed by atoms with Crippen molar-refractivity contribution in [2.24, 2.45) is 0 Å². The Hall–Kier alpha value is -2.15. The summed E-state index contributed by atoms with van der Waals surface area (Å²) >= 11 is 0. The number of piperidine rings is 1. The van der Waals surface area contributed by atoms with E-state index in [4.69, 9.17) is 4.98 Å². The second-order valence-electron chi connectivity index (χ2n) is 8.84. The SMILES string of the molecule is CCCC(=O)N1CCC(c2cc3nc4c(c(=O)n3[nH]2)CN(C(CC)CC)CC4)CC1. The number of H-pyrrole nitrogens is 1. The Morgan fingerprint density at radius 2 is 1.93 bits per heavy atom. The van der Waals surface area contributed by atoms with Gasteiger partial charge in [0.15, 0.2) is 5.65 Å². The molecule has 0 saturated carbocycles. The summed E-state index contributed by atoms with van der Waals surface area (Å²) in [7, 11) is 0. The van der Waals surface area contributed by atoms with Crippen LogP contribution in [0.15, 0.2) is 10.9 Å². The van der Waals surface area contributed by atoms with Gasteiger partial charge in [-0.05, 0) is 32.1 Å². The Morgan fingerprint density at radius 3 is 2.60 bits per heavy atom. The van der Waals surface area contributed by atoms with Crippen LogP contribution in [0.4, 0.5) is 0 Å². The van der Waals surface area contributed by atoms with Gasteiger partial charge < -0.3 is 4.90 Å². The zero-order valence-electron chi connectivity index (χ0n) is 18.6. The van der Waals surface area contributed by atoms with Gasteiger partial charge in [0.2, 0.25) is 5.91 Å². The van der Waals surface area contributed by atoms with E-state index in [-0.39, 0.29) is 11.5 Å². The van der Waals surface area contributed by atoms with Gasteiger partial charge in [-0.1, -0.05) is 20.8 Å². The fourth-order valence-electron chi connectivity index (χ4n) is 5.16. The van der Waals surface area contributed by atoms with Gasteiger partial charge in [-0.25, -0.2) is 9.50 Å². The minimum Gasteiger partial charge on any atom is -0.343 e. The lowest BCUT2D eigenvalue weighted by atomic mass is 9.93. The van der Waals surface area contributed by atoms with E-state index in [1.807, 2.05) is 17.9 Å². The fourth-order valence-corrected chi connectivity index (χ4v) is 5.16. The van der Waals surface area contributed by atoms with Crippen LogP contribution in [0.5, 0.6) is 0 Å². The first kappa shape index (κ1) is 21.1. The molecule has 7 nitrogen and oxygen atoms in total. The molecule has 1 saturated heterocycles. The maximum Gasteiger partial charge on any atom is 0.277 e. The van der Waals surface area contributed by atoms with E-state index in [1.165, 1.54) is 0 Å². The summed E-state index contributed by atoms with van der Waals surface area (Å²) in [4.78, 5) is 34.7. The Bertz CT molecular complexity index is 950. The smallest absolute Gasteiger partial charge is 0.277 e. The molecule has 4 rings (SSSR count). The number of aromatic amines is 1. The number of rotatable bonds is 6. The van der Waals surface area contributed by atoms with Crippen molar-refractivity contribution < 1.29 is 4.79 Å². The van der Waals surface area contributed by atoms with Gasteiger partial charge >= 0.3 is 0 Å². The Morgan fingerprint density at radius 1 is 1.20 bits per heavy atom. The van der Waals surface area contributed by atoms with Crippen LogP contribution in [-0.2, 0) is 17.8 Å². The Kier molecular flexibility index (Phi) is 6.27. The predicted molar refractivity (Wildman–Crippen MR) is 118 cm³/mol. The molecule has 0 aliphatic carbocycles. The van der Waals surface area contributed by atoms with Gasteiger partial charge in [0.1, 0.15) is 0 Å². The van der Waals surface area contributed by atoms with E-state index >= 15 is 0 Å². The molecule has 1 N–H and O–H groups in total. The first-order valence-corrected chi connectivity index (χ1v) is 11.7. The van der Waals surface area contributed by atoms with Crippen molar-refractivity contribution in [3.8, 4) is 0 Å². The molecule has 0 aromatic carbocycles. The molecule has 0 atom stereocenters. The molecular weight excluding hydrogens is 378 g/mol. The summed E-state index contributed by atoms with van der Waals surface area (Å²) in [5.41, 5.74) is 3.66. The van der Waals surface area contributed by atoms with E-state index in [0.29, 0.717) is 24.9 Å². The van der Waals surface area contributed by atoms with Crippen molar-refractivity contribution in [3.63, 3.8) is 0 Å². The van der Waals surface area contributed by atoms with E-state index in [2.05, 4.69) is 23.8 Å². The summed E-state index contributed by atoms with van der Waals surface area (Å²) in [6, 6.07) is 2.57. The quantitative estimate of drug-likeness (QED) is 0.790. The molecule has 2 aromatic rings. The normalized spacial score (nSPS) is 18.3. The maximum atomic E-state index is 13.2. The van der Waals surface area contributed by atoms with Gasteiger partial charge in [0.25, 0.3) is 5.56 Å². The Labute approximate surface area is 178 Å². The molecule has 164 valence electrons. The maximum absolute atomic E-state index is 13.2. The van der Waals surface area contributed by atoms with Gasteiger partial charge in [0, 0.05) is 62.7 Å². The first-order valence-electron chi connectivity index (χ1n) is 11.7. The van der Waals surface area contributed by atoms with Crippen LogP contribution in [-0.4, -0.2) is 56.0 Å². The molecule has 30 heavy (non-hydrogen) atoms. The number of hydrogen-bond donors (Lipinski definition) is 1. The van der Waals surface area contributed by atoms with Crippen LogP contribution in [0.25, 0.3) is 5.65 Å². The highest BCUT2D eigenvalue weighted by Crippen LogP contribution is 2.28. The van der Waals surface area contributed by atoms with Crippen molar-refractivity contribution in [3.05, 3.63) is 33.4 Å². The lowest BCUT2D eigenvalue weighted by molar-refractivity contribution is -0.132. The van der Waals surface area contributed by atoms with Gasteiger partial charge in [-0.15, -0.1) is 0 Å². The minimum atomic E-state index is 0.0486. The summed E-state index contributed by atoms with van der Waals surface area (Å²) in [5, 5.41) is 3.34. The molecule has 1 amide bonds. The highest BCUT2D eigenvalue weighted by Gasteiger charge is 2.28. The molecular formula is C23H35N5O2. The molecule has 0 unspecified atom stereocenters. The van der Waals surface area contributed by atoms with E-state index < -0.39 is 0 Å². The number of fused-ring (bicyclic) bond motifs is 2. The van der Waals surface area contributed by atoms with Gasteiger partial charge in [-0.3, -0.25) is 19.6 Å². The number of likely N-dealkylation sites (tertiary alicyclic amines) is 1. The topological polar surface area (TPSA) is 73.7 Å². The second-order valence-corrected chi connectivity index (χ2v) is 8.84. The van der Waals surface area contributed by atoms with Crippen LogP contribution < -0.4 is 5.56 Å². The lowest BCUT2D eigenvalue weighted by Crippen LogP contribution is -2.42. The van der Waals surface area contributed by atoms with Crippen LogP contribution >= 0.6 is 0 Å². The number of carbonyl (C=O) groups is 1. The third-order valence-corrected chi connectivity index (χ3v) is 7.02. The average Bonchev–Trinajstić information content (AvgIpc) is 3.20. The van der Waals surface area contributed by atoms with Crippen LogP contribution in [0.2, 0.25) is 0 Å². The Balaban J connectivity index is 1.54. The first-order chi connectivity index (χ1) is 14.5. The molecule has 0 bridgehead atoms. The third-order valence-electron chi connectivity index (χ3n) is 7.02. The summed E-state index contributed by atoms with van der Waals surface area (Å²) in [5.74, 6) is 0.607.